The van der Waals surface area contributed by atoms with Gasteiger partial charge in [-0.05, 0) is 35.9 Å². The largest absolute Gasteiger partial charge is 0.309 e. The van der Waals surface area contributed by atoms with Crippen molar-refractivity contribution in [2.75, 3.05) is 6.54 Å². The van der Waals surface area contributed by atoms with Crippen LogP contribution in [0.3, 0.4) is 0 Å². The Kier molecular flexibility index (Phi) is 5.04. The van der Waals surface area contributed by atoms with Gasteiger partial charge in [-0.3, -0.25) is 0 Å². The molecule has 0 saturated carbocycles. The fraction of sp³-hybridized carbons (Fsp3) is 0.385. The summed E-state index contributed by atoms with van der Waals surface area (Å²) in [6.45, 7) is 3.22. The van der Waals surface area contributed by atoms with Gasteiger partial charge in [0.1, 0.15) is 0 Å². The maximum Gasteiger partial charge on any atom is 0.0561 e. The monoisotopic (exact) mass is 285 g/mol. The minimum Gasteiger partial charge on any atom is -0.309 e. The SMILES string of the molecule is CCCNC(Cc1cccs1)c1sccc1Cl. The van der Waals surface area contributed by atoms with E-state index in [4.69, 9.17) is 11.6 Å². The summed E-state index contributed by atoms with van der Waals surface area (Å²) in [4.78, 5) is 2.66. The Bertz CT molecular complexity index is 436. The minimum absolute atomic E-state index is 0.348. The van der Waals surface area contributed by atoms with E-state index in [1.54, 1.807) is 11.3 Å². The van der Waals surface area contributed by atoms with Gasteiger partial charge in [-0.25, -0.2) is 0 Å². The van der Waals surface area contributed by atoms with E-state index < -0.39 is 0 Å². The zero-order chi connectivity index (χ0) is 12.1. The van der Waals surface area contributed by atoms with Gasteiger partial charge in [0.05, 0.1) is 5.02 Å². The molecular weight excluding hydrogens is 270 g/mol. The summed E-state index contributed by atoms with van der Waals surface area (Å²) in [5, 5.41) is 8.66. The lowest BCUT2D eigenvalue weighted by molar-refractivity contribution is 0.540. The van der Waals surface area contributed by atoms with Crippen LogP contribution in [0, 0.1) is 0 Å². The minimum atomic E-state index is 0.348. The van der Waals surface area contributed by atoms with Crippen LogP contribution in [0.25, 0.3) is 0 Å². The molecule has 1 N–H and O–H groups in total. The summed E-state index contributed by atoms with van der Waals surface area (Å²) >= 11 is 9.78. The first kappa shape index (κ1) is 13.1. The van der Waals surface area contributed by atoms with Gasteiger partial charge in [-0.15, -0.1) is 22.7 Å². The van der Waals surface area contributed by atoms with Gasteiger partial charge in [0.15, 0.2) is 0 Å². The molecule has 17 heavy (non-hydrogen) atoms. The summed E-state index contributed by atoms with van der Waals surface area (Å²) in [5.41, 5.74) is 0. The highest BCUT2D eigenvalue weighted by Crippen LogP contribution is 2.31. The maximum absolute atomic E-state index is 6.23. The van der Waals surface area contributed by atoms with Crippen molar-refractivity contribution >= 4 is 34.3 Å². The first-order valence-corrected chi connectivity index (χ1v) is 7.93. The molecule has 0 saturated heterocycles. The fourth-order valence-corrected chi connectivity index (χ4v) is 3.78. The predicted molar refractivity (Wildman–Crippen MR) is 78.4 cm³/mol. The molecule has 0 aliphatic heterocycles. The first-order valence-electron chi connectivity index (χ1n) is 5.80. The van der Waals surface area contributed by atoms with Crippen molar-refractivity contribution in [1.29, 1.82) is 0 Å². The number of thiophene rings is 2. The summed E-state index contributed by atoms with van der Waals surface area (Å²) in [7, 11) is 0. The van der Waals surface area contributed by atoms with E-state index in [-0.39, 0.29) is 0 Å². The van der Waals surface area contributed by atoms with Crippen molar-refractivity contribution in [2.45, 2.75) is 25.8 Å². The standard InChI is InChI=1S/C13H16ClNS2/c1-2-6-15-12(9-10-4-3-7-16-10)13-11(14)5-8-17-13/h3-5,7-8,12,15H,2,6,9H2,1H3. The molecule has 2 rings (SSSR count). The van der Waals surface area contributed by atoms with Crippen LogP contribution in [0.2, 0.25) is 5.02 Å². The molecule has 1 atom stereocenters. The highest BCUT2D eigenvalue weighted by molar-refractivity contribution is 7.11. The molecule has 1 unspecified atom stereocenters. The Labute approximate surface area is 115 Å². The van der Waals surface area contributed by atoms with E-state index in [9.17, 15) is 0 Å². The number of halogens is 1. The van der Waals surface area contributed by atoms with E-state index in [1.165, 1.54) is 9.75 Å². The third-order valence-corrected chi connectivity index (χ3v) is 4.96. The average Bonchev–Trinajstić information content (AvgIpc) is 2.95. The van der Waals surface area contributed by atoms with Crippen LogP contribution in [0.15, 0.2) is 29.0 Å². The summed E-state index contributed by atoms with van der Waals surface area (Å²) in [6.07, 6.45) is 2.17. The average molecular weight is 286 g/mol. The summed E-state index contributed by atoms with van der Waals surface area (Å²) < 4.78 is 0. The van der Waals surface area contributed by atoms with Gasteiger partial charge in [0.2, 0.25) is 0 Å². The van der Waals surface area contributed by atoms with E-state index in [0.29, 0.717) is 6.04 Å². The fourth-order valence-electron chi connectivity index (χ4n) is 1.76. The Balaban J connectivity index is 2.11. The van der Waals surface area contributed by atoms with Gasteiger partial charge >= 0.3 is 0 Å². The third kappa shape index (κ3) is 3.55. The molecule has 2 aromatic heterocycles. The number of rotatable bonds is 6. The van der Waals surface area contributed by atoms with Crippen molar-refractivity contribution in [1.82, 2.24) is 5.32 Å². The van der Waals surface area contributed by atoms with Gasteiger partial charge in [0, 0.05) is 22.2 Å². The Morgan fingerprint density at radius 1 is 1.29 bits per heavy atom. The lowest BCUT2D eigenvalue weighted by atomic mass is 10.1. The quantitative estimate of drug-likeness (QED) is 0.808. The van der Waals surface area contributed by atoms with E-state index in [0.717, 1.165) is 24.4 Å². The van der Waals surface area contributed by atoms with Gasteiger partial charge in [-0.2, -0.15) is 0 Å². The molecule has 2 aromatic rings. The van der Waals surface area contributed by atoms with E-state index >= 15 is 0 Å². The zero-order valence-corrected chi connectivity index (χ0v) is 12.2. The lowest BCUT2D eigenvalue weighted by Crippen LogP contribution is -2.23. The number of nitrogens with one attached hydrogen (secondary N) is 1. The molecule has 2 heterocycles. The van der Waals surface area contributed by atoms with Crippen LogP contribution in [0.1, 0.15) is 29.1 Å². The Hall–Kier alpha value is -0.350. The molecular formula is C13H16ClNS2. The molecule has 0 aliphatic rings. The van der Waals surface area contributed by atoms with E-state index in [1.807, 2.05) is 17.4 Å². The molecule has 0 amide bonds. The molecule has 4 heteroatoms. The second kappa shape index (κ2) is 6.55. The molecule has 0 aromatic carbocycles. The molecule has 1 nitrogen and oxygen atoms in total. The zero-order valence-electron chi connectivity index (χ0n) is 9.78. The number of hydrogen-bond acceptors (Lipinski definition) is 3. The van der Waals surface area contributed by atoms with Crippen molar-refractivity contribution in [3.63, 3.8) is 0 Å². The summed E-state index contributed by atoms with van der Waals surface area (Å²) in [6, 6.07) is 6.62. The molecule has 0 aliphatic carbocycles. The van der Waals surface area contributed by atoms with Gasteiger partial charge in [0.25, 0.3) is 0 Å². The lowest BCUT2D eigenvalue weighted by Gasteiger charge is -2.17. The van der Waals surface area contributed by atoms with Gasteiger partial charge in [-0.1, -0.05) is 24.6 Å². The maximum atomic E-state index is 6.23. The van der Waals surface area contributed by atoms with E-state index in [2.05, 4.69) is 35.1 Å². The predicted octanol–water partition coefficient (Wildman–Crippen LogP) is 4.75. The Morgan fingerprint density at radius 3 is 2.76 bits per heavy atom. The van der Waals surface area contributed by atoms with Crippen LogP contribution >= 0.6 is 34.3 Å². The molecule has 0 radical (unpaired) electrons. The highest BCUT2D eigenvalue weighted by Gasteiger charge is 2.16. The smallest absolute Gasteiger partial charge is 0.0561 e. The van der Waals surface area contributed by atoms with Crippen molar-refractivity contribution < 1.29 is 0 Å². The van der Waals surface area contributed by atoms with Crippen molar-refractivity contribution in [3.05, 3.63) is 43.7 Å². The number of hydrogen-bond donors (Lipinski definition) is 1. The first-order chi connectivity index (χ1) is 8.31. The highest BCUT2D eigenvalue weighted by atomic mass is 35.5. The second-order valence-electron chi connectivity index (χ2n) is 3.92. The van der Waals surface area contributed by atoms with Crippen LogP contribution in [-0.2, 0) is 6.42 Å². The second-order valence-corrected chi connectivity index (χ2v) is 6.31. The van der Waals surface area contributed by atoms with Crippen LogP contribution < -0.4 is 5.32 Å². The van der Waals surface area contributed by atoms with Crippen LogP contribution in [0.5, 0.6) is 0 Å². The molecule has 0 bridgehead atoms. The van der Waals surface area contributed by atoms with Crippen LogP contribution in [-0.4, -0.2) is 6.54 Å². The topological polar surface area (TPSA) is 12.0 Å². The molecule has 92 valence electrons. The van der Waals surface area contributed by atoms with Crippen molar-refractivity contribution in [3.8, 4) is 0 Å². The van der Waals surface area contributed by atoms with Crippen molar-refractivity contribution in [2.24, 2.45) is 0 Å². The van der Waals surface area contributed by atoms with Crippen LogP contribution in [0.4, 0.5) is 0 Å². The molecule has 0 spiro atoms. The summed E-state index contributed by atoms with van der Waals surface area (Å²) in [5.74, 6) is 0. The normalized spacial score (nSPS) is 12.8. The third-order valence-electron chi connectivity index (χ3n) is 2.59. The Morgan fingerprint density at radius 2 is 2.18 bits per heavy atom. The van der Waals surface area contributed by atoms with Gasteiger partial charge < -0.3 is 5.32 Å². The molecule has 0 fully saturated rings.